The minimum absolute atomic E-state index is 0.0500. The molecule has 8 heteroatoms. The van der Waals surface area contributed by atoms with E-state index in [-0.39, 0.29) is 11.8 Å². The Balaban J connectivity index is 1.23. The quantitative estimate of drug-likeness (QED) is 0.760. The minimum atomic E-state index is -0.733. The van der Waals surface area contributed by atoms with Gasteiger partial charge in [0.05, 0.1) is 24.5 Å². The molecule has 8 nitrogen and oxygen atoms in total. The first-order chi connectivity index (χ1) is 15.1. The van der Waals surface area contributed by atoms with Crippen LogP contribution in [0.2, 0.25) is 0 Å². The van der Waals surface area contributed by atoms with E-state index in [0.717, 1.165) is 5.56 Å². The first-order valence-electron chi connectivity index (χ1n) is 10.4. The van der Waals surface area contributed by atoms with Crippen molar-refractivity contribution in [2.24, 2.45) is 11.8 Å². The predicted molar refractivity (Wildman–Crippen MR) is 109 cm³/mol. The number of nitrogens with one attached hydrogen (secondary N) is 1. The van der Waals surface area contributed by atoms with Gasteiger partial charge in [-0.25, -0.2) is 0 Å². The Morgan fingerprint density at radius 2 is 1.97 bits per heavy atom. The fourth-order valence-corrected chi connectivity index (χ4v) is 5.07. The number of amides is 2. The van der Waals surface area contributed by atoms with Crippen molar-refractivity contribution >= 4 is 17.5 Å². The smallest absolute Gasteiger partial charge is 0.231 e. The largest absolute Gasteiger partial charge is 0.486 e. The number of rotatable bonds is 4. The normalized spacial score (nSPS) is 29.9. The zero-order chi connectivity index (χ0) is 21.0. The first kappa shape index (κ1) is 18.4. The lowest BCUT2D eigenvalue weighted by Gasteiger charge is -2.24. The van der Waals surface area contributed by atoms with Crippen molar-refractivity contribution in [1.82, 2.24) is 9.88 Å². The maximum Gasteiger partial charge on any atom is 0.231 e. The highest BCUT2D eigenvalue weighted by Gasteiger charge is 2.66. The van der Waals surface area contributed by atoms with E-state index in [1.54, 1.807) is 35.5 Å². The van der Waals surface area contributed by atoms with Crippen LogP contribution in [0.4, 0.5) is 5.69 Å². The molecule has 0 aliphatic carbocycles. The predicted octanol–water partition coefficient (Wildman–Crippen LogP) is 1.77. The fraction of sp³-hybridized carbons (Fsp3) is 0.348. The van der Waals surface area contributed by atoms with Gasteiger partial charge >= 0.3 is 0 Å². The molecule has 158 valence electrons. The van der Waals surface area contributed by atoms with Crippen molar-refractivity contribution in [3.63, 3.8) is 0 Å². The lowest BCUT2D eigenvalue weighted by atomic mass is 9.77. The van der Waals surface area contributed by atoms with Crippen molar-refractivity contribution in [3.05, 3.63) is 60.4 Å². The number of hydrogen-bond donors (Lipinski definition) is 1. The number of hydrogen-bond acceptors (Lipinski definition) is 6. The minimum Gasteiger partial charge on any atom is -0.486 e. The van der Waals surface area contributed by atoms with E-state index in [1.807, 2.05) is 24.3 Å². The molecule has 6 rings (SSSR count). The SMILES string of the molecule is O=C(Nc1ccc2c(c1)OCCO2)[C@H]1[C@H]2C=C[C@@]3(CN(Cc4ccncc4)C(=O)[C@@H]13)O2. The molecule has 2 bridgehead atoms. The van der Waals surface area contributed by atoms with Crippen molar-refractivity contribution in [2.45, 2.75) is 18.2 Å². The Kier molecular flexibility index (Phi) is 4.04. The molecule has 2 saturated heterocycles. The number of carbonyl (C=O) groups is 2. The molecule has 1 aromatic heterocycles. The third-order valence-electron chi connectivity index (χ3n) is 6.41. The average molecular weight is 419 g/mol. The van der Waals surface area contributed by atoms with Crippen molar-refractivity contribution in [2.75, 3.05) is 25.1 Å². The van der Waals surface area contributed by atoms with Gasteiger partial charge in [-0.3, -0.25) is 14.6 Å². The zero-order valence-corrected chi connectivity index (χ0v) is 16.7. The van der Waals surface area contributed by atoms with Crippen LogP contribution < -0.4 is 14.8 Å². The number of aromatic nitrogens is 1. The van der Waals surface area contributed by atoms with Crippen molar-refractivity contribution in [1.29, 1.82) is 0 Å². The average Bonchev–Trinajstić information content (AvgIpc) is 3.43. The highest BCUT2D eigenvalue weighted by atomic mass is 16.6. The number of likely N-dealkylation sites (tertiary alicyclic amines) is 1. The molecule has 4 aliphatic rings. The Labute approximate surface area is 178 Å². The van der Waals surface area contributed by atoms with Crippen LogP contribution in [0.15, 0.2) is 54.9 Å². The van der Waals surface area contributed by atoms with Crippen LogP contribution in [0.1, 0.15) is 5.56 Å². The summed E-state index contributed by atoms with van der Waals surface area (Å²) in [6.07, 6.45) is 6.89. The summed E-state index contributed by atoms with van der Waals surface area (Å²) in [6.45, 7) is 1.89. The molecule has 2 aromatic rings. The van der Waals surface area contributed by atoms with Crippen molar-refractivity contribution < 1.29 is 23.8 Å². The van der Waals surface area contributed by atoms with E-state index in [9.17, 15) is 9.59 Å². The monoisotopic (exact) mass is 419 g/mol. The van der Waals surface area contributed by atoms with Crippen LogP contribution >= 0.6 is 0 Å². The Morgan fingerprint density at radius 3 is 2.81 bits per heavy atom. The number of ether oxygens (including phenoxy) is 3. The van der Waals surface area contributed by atoms with Crippen molar-refractivity contribution in [3.8, 4) is 11.5 Å². The van der Waals surface area contributed by atoms with Crippen LogP contribution in [-0.2, 0) is 20.9 Å². The maximum absolute atomic E-state index is 13.3. The number of fused-ring (bicyclic) bond motifs is 2. The van der Waals surface area contributed by atoms with Gasteiger partial charge in [0.1, 0.15) is 18.8 Å². The molecular formula is C23H21N3O5. The van der Waals surface area contributed by atoms with Crippen LogP contribution in [0, 0.1) is 11.8 Å². The molecule has 1 spiro atoms. The second-order valence-corrected chi connectivity index (χ2v) is 8.30. The fourth-order valence-electron chi connectivity index (χ4n) is 5.07. The lowest BCUT2D eigenvalue weighted by molar-refractivity contribution is -0.136. The van der Waals surface area contributed by atoms with E-state index in [2.05, 4.69) is 10.3 Å². The molecule has 31 heavy (non-hydrogen) atoms. The summed E-state index contributed by atoms with van der Waals surface area (Å²) in [5.74, 6) is -0.116. The molecule has 4 atom stereocenters. The van der Waals surface area contributed by atoms with E-state index in [1.165, 1.54) is 0 Å². The summed E-state index contributed by atoms with van der Waals surface area (Å²) in [7, 11) is 0. The van der Waals surface area contributed by atoms with Crippen LogP contribution in [-0.4, -0.2) is 53.2 Å². The van der Waals surface area contributed by atoms with Crippen LogP contribution in [0.5, 0.6) is 11.5 Å². The van der Waals surface area contributed by atoms with Gasteiger partial charge in [-0.2, -0.15) is 0 Å². The van der Waals surface area contributed by atoms with E-state index in [4.69, 9.17) is 14.2 Å². The molecule has 0 radical (unpaired) electrons. The standard InChI is InChI=1S/C23H21N3O5/c27-21(25-15-1-2-16-18(11-15)30-10-9-29-16)19-17-3-6-23(31-17)13-26(22(28)20(19)23)12-14-4-7-24-8-5-14/h1-8,11,17,19-20H,9-10,12-13H2,(H,25,27)/t17-,19+,20-,23+/m1/s1. The Morgan fingerprint density at radius 1 is 1.16 bits per heavy atom. The van der Waals surface area contributed by atoms with Crippen LogP contribution in [0.3, 0.4) is 0 Å². The summed E-state index contributed by atoms with van der Waals surface area (Å²) in [5, 5.41) is 2.95. The van der Waals surface area contributed by atoms with Gasteiger partial charge in [-0.15, -0.1) is 0 Å². The molecule has 1 N–H and O–H groups in total. The second kappa shape index (κ2) is 6.81. The molecule has 2 fully saturated rings. The molecule has 2 amide bonds. The Hall–Kier alpha value is -3.39. The third kappa shape index (κ3) is 2.90. The van der Waals surface area contributed by atoms with Gasteiger partial charge in [0.15, 0.2) is 11.5 Å². The first-order valence-corrected chi connectivity index (χ1v) is 10.4. The summed E-state index contributed by atoms with van der Waals surface area (Å²) >= 11 is 0. The molecule has 4 aliphatic heterocycles. The second-order valence-electron chi connectivity index (χ2n) is 8.30. The molecular weight excluding hydrogens is 398 g/mol. The van der Waals surface area contributed by atoms with Crippen LogP contribution in [0.25, 0.3) is 0 Å². The number of anilines is 1. The molecule has 1 aromatic carbocycles. The molecule has 5 heterocycles. The van der Waals surface area contributed by atoms with Gasteiger partial charge in [-0.1, -0.05) is 12.2 Å². The van der Waals surface area contributed by atoms with E-state index in [0.29, 0.717) is 43.5 Å². The number of nitrogens with zero attached hydrogens (tertiary/aromatic N) is 2. The van der Waals surface area contributed by atoms with Gasteiger partial charge in [0.2, 0.25) is 11.8 Å². The summed E-state index contributed by atoms with van der Waals surface area (Å²) in [5.41, 5.74) is 0.869. The zero-order valence-electron chi connectivity index (χ0n) is 16.7. The number of benzene rings is 1. The van der Waals surface area contributed by atoms with Gasteiger partial charge in [0, 0.05) is 30.7 Å². The number of carbonyl (C=O) groups excluding carboxylic acids is 2. The van der Waals surface area contributed by atoms with E-state index >= 15 is 0 Å². The topological polar surface area (TPSA) is 90.0 Å². The van der Waals surface area contributed by atoms with Gasteiger partial charge < -0.3 is 24.4 Å². The lowest BCUT2D eigenvalue weighted by Crippen LogP contribution is -2.41. The van der Waals surface area contributed by atoms with E-state index < -0.39 is 23.5 Å². The van der Waals surface area contributed by atoms with Gasteiger partial charge in [0.25, 0.3) is 0 Å². The summed E-state index contributed by atoms with van der Waals surface area (Å²) < 4.78 is 17.3. The maximum atomic E-state index is 13.3. The summed E-state index contributed by atoms with van der Waals surface area (Å²) in [6, 6.07) is 9.08. The third-order valence-corrected chi connectivity index (χ3v) is 6.41. The summed E-state index contributed by atoms with van der Waals surface area (Å²) in [4.78, 5) is 32.4. The highest BCUT2D eigenvalue weighted by molar-refractivity contribution is 5.99. The number of pyridine rings is 1. The Bertz CT molecular complexity index is 1090. The van der Waals surface area contributed by atoms with Gasteiger partial charge in [-0.05, 0) is 29.8 Å². The highest BCUT2D eigenvalue weighted by Crippen LogP contribution is 2.52. The molecule has 0 saturated carbocycles. The molecule has 0 unspecified atom stereocenters.